The minimum absolute atomic E-state index is 0.0668. The fourth-order valence-corrected chi connectivity index (χ4v) is 13.9. The molecule has 2 spiro atoms. The maximum absolute atomic E-state index is 13.6. The van der Waals surface area contributed by atoms with Crippen molar-refractivity contribution in [1.29, 1.82) is 10.5 Å². The van der Waals surface area contributed by atoms with Gasteiger partial charge < -0.3 is 14.0 Å². The summed E-state index contributed by atoms with van der Waals surface area (Å²) in [6.07, 6.45) is 13.8. The molecule has 0 atom stereocenters. The van der Waals surface area contributed by atoms with Crippen LogP contribution < -0.4 is 39.0 Å². The molecule has 2 fully saturated rings. The fourth-order valence-electron chi connectivity index (χ4n) is 9.11. The van der Waals surface area contributed by atoms with Gasteiger partial charge in [-0.3, -0.25) is 14.2 Å². The predicted molar refractivity (Wildman–Crippen MR) is 229 cm³/mol. The third-order valence-electron chi connectivity index (χ3n) is 11.8. The Hall–Kier alpha value is -5.48. The summed E-state index contributed by atoms with van der Waals surface area (Å²) >= 11 is 5.64. The van der Waals surface area contributed by atoms with Crippen molar-refractivity contribution >= 4 is 68.9 Å². The summed E-state index contributed by atoms with van der Waals surface area (Å²) < 4.78 is 19.1. The van der Waals surface area contributed by atoms with Crippen LogP contribution in [0.1, 0.15) is 98.9 Å². The standard InChI is InChI=1S/C44H36N6O4S4/c1-5-49-39(51)34(57-41(49)25(23-45)24-46)19-26-17-30-36(55-26)28-21-33-29(22-32(28)53-43(30)13-9-7-10-14-43)37-31(44(54-33)15-11-8-12-16-44)18-27(56-37)20-35-40(52)50(6-2)42(58-35)38(47-3)48-4/h17-22H,5-16H2,1-2H3/b34-19+,35-20+. The maximum atomic E-state index is 13.6. The van der Waals surface area contributed by atoms with Crippen LogP contribution in [0.3, 0.4) is 0 Å². The highest BCUT2D eigenvalue weighted by molar-refractivity contribution is 7.17. The van der Waals surface area contributed by atoms with Gasteiger partial charge in [0, 0.05) is 54.9 Å². The van der Waals surface area contributed by atoms with Crippen molar-refractivity contribution in [3.8, 4) is 44.5 Å². The second kappa shape index (κ2) is 14.7. The van der Waals surface area contributed by atoms with E-state index in [9.17, 15) is 20.1 Å². The average Bonchev–Trinajstić information content (AvgIpc) is 4.01. The number of thiazole rings is 2. The highest BCUT2D eigenvalue weighted by atomic mass is 32.1. The van der Waals surface area contributed by atoms with Gasteiger partial charge in [-0.05, 0) is 102 Å². The number of benzene rings is 1. The number of nitrogens with zero attached hydrogens (tertiary/aromatic N) is 6. The van der Waals surface area contributed by atoms with Crippen molar-refractivity contribution in [3.05, 3.63) is 107 Å². The molecule has 2 aliphatic carbocycles. The molecule has 58 heavy (non-hydrogen) atoms. The van der Waals surface area contributed by atoms with Gasteiger partial charge in [-0.25, -0.2) is 0 Å². The van der Waals surface area contributed by atoms with Crippen LogP contribution in [0.4, 0.5) is 0 Å². The van der Waals surface area contributed by atoms with Gasteiger partial charge in [0.05, 0.1) is 9.06 Å². The lowest BCUT2D eigenvalue weighted by atomic mass is 9.76. The molecule has 0 radical (unpaired) electrons. The largest absolute Gasteiger partial charge is 0.553 e. The van der Waals surface area contributed by atoms with E-state index in [-0.39, 0.29) is 22.5 Å². The molecule has 0 amide bonds. The molecule has 10 nitrogen and oxygen atoms in total. The van der Waals surface area contributed by atoms with Crippen LogP contribution in [0.2, 0.25) is 0 Å². The fraction of sp³-hybridized carbons (Fsp3) is 0.364. The van der Waals surface area contributed by atoms with Gasteiger partial charge in [0.15, 0.2) is 10.2 Å². The van der Waals surface area contributed by atoms with Crippen LogP contribution in [-0.4, -0.2) is 9.13 Å². The molecule has 2 aliphatic heterocycles. The van der Waals surface area contributed by atoms with E-state index in [4.69, 9.17) is 22.6 Å². The lowest BCUT2D eigenvalue weighted by Crippen LogP contribution is -2.38. The molecule has 4 aliphatic rings. The molecule has 5 aromatic rings. The predicted octanol–water partition coefficient (Wildman–Crippen LogP) is 7.49. The Bertz CT molecular complexity index is 2870. The van der Waals surface area contributed by atoms with Crippen molar-refractivity contribution in [2.24, 2.45) is 0 Å². The molecule has 0 bridgehead atoms. The number of rotatable bonds is 4. The van der Waals surface area contributed by atoms with Crippen LogP contribution in [0.25, 0.3) is 54.1 Å². The molecule has 0 saturated heterocycles. The molecule has 0 unspecified atom stereocenters. The lowest BCUT2D eigenvalue weighted by molar-refractivity contribution is 0.0203. The minimum Gasteiger partial charge on any atom is -0.482 e. The van der Waals surface area contributed by atoms with E-state index < -0.39 is 11.2 Å². The lowest BCUT2D eigenvalue weighted by Gasteiger charge is -2.44. The molecular formula is C44H36N6O4S4. The van der Waals surface area contributed by atoms with Crippen LogP contribution in [0.15, 0.2) is 33.9 Å². The van der Waals surface area contributed by atoms with E-state index in [0.29, 0.717) is 31.5 Å². The zero-order valence-electron chi connectivity index (χ0n) is 31.9. The van der Waals surface area contributed by atoms with E-state index in [2.05, 4.69) is 34.0 Å². The average molecular weight is 841 g/mol. The van der Waals surface area contributed by atoms with Crippen LogP contribution in [0.5, 0.6) is 11.5 Å². The third kappa shape index (κ3) is 5.93. The first-order valence-electron chi connectivity index (χ1n) is 19.5. The van der Waals surface area contributed by atoms with Gasteiger partial charge in [0.1, 0.15) is 52.6 Å². The Labute approximate surface area is 350 Å². The first kappa shape index (κ1) is 38.1. The summed E-state index contributed by atoms with van der Waals surface area (Å²) in [5, 5.41) is 19.2. The molecule has 4 aromatic heterocycles. The van der Waals surface area contributed by atoms with Crippen molar-refractivity contribution in [2.45, 2.75) is 102 Å². The monoisotopic (exact) mass is 840 g/mol. The number of thiophene rings is 2. The first-order valence-corrected chi connectivity index (χ1v) is 22.8. The van der Waals surface area contributed by atoms with Gasteiger partial charge in [-0.2, -0.15) is 20.2 Å². The number of hydrogen-bond donors (Lipinski definition) is 0. The van der Waals surface area contributed by atoms with Crippen molar-refractivity contribution in [3.63, 3.8) is 0 Å². The summed E-state index contributed by atoms with van der Waals surface area (Å²) in [5.74, 6) is 1.51. The molecule has 290 valence electrons. The second-order valence-corrected chi connectivity index (χ2v) is 19.2. The number of ether oxygens (including phenoxy) is 2. The Kier molecular flexibility index (Phi) is 9.66. The van der Waals surface area contributed by atoms with Crippen LogP contribution >= 0.6 is 45.3 Å². The molecule has 9 rings (SSSR count). The Morgan fingerprint density at radius 3 is 1.55 bits per heavy atom. The quantitative estimate of drug-likeness (QED) is 0.173. The number of hydrogen-bond acceptors (Lipinski definition) is 10. The van der Waals surface area contributed by atoms with Crippen molar-refractivity contribution in [1.82, 2.24) is 9.13 Å². The normalized spacial score (nSPS) is 17.4. The molecule has 14 heteroatoms. The Morgan fingerprint density at radius 1 is 0.707 bits per heavy atom. The van der Waals surface area contributed by atoms with Gasteiger partial charge >= 0.3 is 5.82 Å². The zero-order valence-corrected chi connectivity index (χ0v) is 35.2. The molecule has 1 aromatic carbocycles. The van der Waals surface area contributed by atoms with Crippen molar-refractivity contribution < 1.29 is 9.47 Å². The van der Waals surface area contributed by atoms with E-state index in [0.717, 1.165) is 117 Å². The third-order valence-corrected chi connectivity index (χ3v) is 16.3. The first-order chi connectivity index (χ1) is 28.2. The zero-order chi connectivity index (χ0) is 40.3. The number of aromatic nitrogens is 2. The highest BCUT2D eigenvalue weighted by Gasteiger charge is 2.47. The van der Waals surface area contributed by atoms with Crippen LogP contribution in [0, 0.1) is 35.8 Å². The molecular weight excluding hydrogens is 805 g/mol. The maximum Gasteiger partial charge on any atom is 0.553 e. The van der Waals surface area contributed by atoms with E-state index in [1.54, 1.807) is 22.7 Å². The summed E-state index contributed by atoms with van der Waals surface area (Å²) in [4.78, 5) is 37.9. The second-order valence-electron chi connectivity index (χ2n) is 15.0. The van der Waals surface area contributed by atoms with E-state index in [1.807, 2.05) is 38.1 Å². The van der Waals surface area contributed by atoms with E-state index >= 15 is 0 Å². The smallest absolute Gasteiger partial charge is 0.482 e. The van der Waals surface area contributed by atoms with Gasteiger partial charge in [0.2, 0.25) is 0 Å². The summed E-state index contributed by atoms with van der Waals surface area (Å²) in [6.45, 7) is 19.4. The molecule has 0 N–H and O–H groups in total. The number of fused-ring (bicyclic) bond motifs is 8. The van der Waals surface area contributed by atoms with Gasteiger partial charge in [-0.1, -0.05) is 12.8 Å². The molecule has 6 heterocycles. The van der Waals surface area contributed by atoms with Gasteiger partial charge in [0.25, 0.3) is 11.1 Å². The highest BCUT2D eigenvalue weighted by Crippen LogP contribution is 2.60. The topological polar surface area (TPSA) is 119 Å². The Morgan fingerprint density at radius 2 is 1.14 bits per heavy atom. The Balaban J connectivity index is 1.22. The summed E-state index contributed by atoms with van der Waals surface area (Å²) in [7, 11) is 0. The molecule has 2 saturated carbocycles. The SMILES string of the molecule is [C-]#[N+]C([N+]#[C-])=c1s/c(=C/c2cc3c(s2)-c2cc4c(cc2OC32CCCCC2)-c2sc(/C=c3/sc(=C(C#N)C#N)n(CC)c3=O)cc2C2(CCCCC2)O4)c(=O)n1CC. The summed E-state index contributed by atoms with van der Waals surface area (Å²) in [5.41, 5.74) is 2.70. The minimum atomic E-state index is -0.510. The van der Waals surface area contributed by atoms with Gasteiger partial charge in [-0.15, -0.1) is 45.3 Å². The van der Waals surface area contributed by atoms with Crippen molar-refractivity contribution in [2.75, 3.05) is 0 Å². The number of nitriles is 2. The van der Waals surface area contributed by atoms with E-state index in [1.165, 1.54) is 31.8 Å². The van der Waals surface area contributed by atoms with Crippen LogP contribution in [-0.2, 0) is 24.3 Å². The summed E-state index contributed by atoms with van der Waals surface area (Å²) in [6, 6.07) is 12.5.